The van der Waals surface area contributed by atoms with E-state index in [1.165, 1.54) is 0 Å². The van der Waals surface area contributed by atoms with Gasteiger partial charge in [-0.3, -0.25) is 4.98 Å². The summed E-state index contributed by atoms with van der Waals surface area (Å²) >= 11 is 4.96. The number of nitrogens with zero attached hydrogens (tertiary/aromatic N) is 3. The van der Waals surface area contributed by atoms with Gasteiger partial charge in [0.05, 0.1) is 8.66 Å². The van der Waals surface area contributed by atoms with Gasteiger partial charge in [-0.15, -0.1) is 11.3 Å². The Morgan fingerprint density at radius 1 is 1.26 bits per heavy atom. The Kier molecular flexibility index (Phi) is 3.41. The molecule has 0 saturated carbocycles. The van der Waals surface area contributed by atoms with Crippen molar-refractivity contribution in [2.75, 3.05) is 0 Å². The van der Waals surface area contributed by atoms with E-state index in [9.17, 15) is 0 Å². The number of hydrogen-bond donors (Lipinski definition) is 1. The lowest BCUT2D eigenvalue weighted by molar-refractivity contribution is 0.431. The summed E-state index contributed by atoms with van der Waals surface area (Å²) in [5.74, 6) is 0.971. The Morgan fingerprint density at radius 3 is 2.79 bits per heavy atom. The van der Waals surface area contributed by atoms with Gasteiger partial charge in [0.15, 0.2) is 0 Å². The van der Waals surface area contributed by atoms with Crippen molar-refractivity contribution in [2.24, 2.45) is 5.73 Å². The van der Waals surface area contributed by atoms with Gasteiger partial charge in [0.2, 0.25) is 5.82 Å². The van der Waals surface area contributed by atoms with Crippen LogP contribution in [-0.4, -0.2) is 15.1 Å². The predicted octanol–water partition coefficient (Wildman–Crippen LogP) is 3.08. The van der Waals surface area contributed by atoms with E-state index in [4.69, 9.17) is 10.3 Å². The summed E-state index contributed by atoms with van der Waals surface area (Å²) in [6, 6.07) is 7.61. The van der Waals surface area contributed by atoms with Crippen molar-refractivity contribution in [1.29, 1.82) is 0 Å². The van der Waals surface area contributed by atoms with Crippen molar-refractivity contribution in [3.8, 4) is 22.3 Å². The molecule has 2 N–H and O–H groups in total. The normalized spacial score (nSPS) is 10.8. The van der Waals surface area contributed by atoms with Crippen LogP contribution in [0.2, 0.25) is 0 Å². The third-order valence-electron chi connectivity index (χ3n) is 2.50. The number of aromatic nitrogens is 3. The van der Waals surface area contributed by atoms with Gasteiger partial charge in [0, 0.05) is 12.7 Å². The molecule has 96 valence electrons. The third kappa shape index (κ3) is 2.58. The second-order valence-corrected chi connectivity index (χ2v) is 6.25. The van der Waals surface area contributed by atoms with Crippen LogP contribution < -0.4 is 5.73 Å². The molecule has 5 nitrogen and oxygen atoms in total. The summed E-state index contributed by atoms with van der Waals surface area (Å²) in [6.07, 6.45) is 1.71. The summed E-state index contributed by atoms with van der Waals surface area (Å²) in [7, 11) is 0. The van der Waals surface area contributed by atoms with E-state index >= 15 is 0 Å². The number of rotatable bonds is 3. The fourth-order valence-electron chi connectivity index (χ4n) is 1.53. The monoisotopic (exact) mass is 336 g/mol. The molecule has 0 aliphatic rings. The number of pyridine rings is 1. The molecule has 3 rings (SSSR count). The van der Waals surface area contributed by atoms with E-state index < -0.39 is 0 Å². The minimum Gasteiger partial charge on any atom is -0.332 e. The molecule has 3 aromatic heterocycles. The van der Waals surface area contributed by atoms with Gasteiger partial charge in [-0.1, -0.05) is 11.2 Å². The third-order valence-corrected chi connectivity index (χ3v) is 4.12. The van der Waals surface area contributed by atoms with Crippen molar-refractivity contribution >= 4 is 27.3 Å². The molecule has 0 bridgehead atoms. The summed E-state index contributed by atoms with van der Waals surface area (Å²) in [6.45, 7) is 0.464. The first-order chi connectivity index (χ1) is 9.26. The Hall–Kier alpha value is -1.57. The minimum absolute atomic E-state index is 0.406. The molecule has 0 unspecified atom stereocenters. The second kappa shape index (κ2) is 5.20. The molecule has 3 heterocycles. The van der Waals surface area contributed by atoms with Gasteiger partial charge in [-0.2, -0.15) is 4.98 Å². The number of nitrogens with two attached hydrogens (primary N) is 1. The molecule has 3 aromatic rings. The molecule has 0 atom stereocenters. The smallest absolute Gasteiger partial charge is 0.276 e. The molecule has 0 saturated heterocycles. The summed E-state index contributed by atoms with van der Waals surface area (Å²) in [5, 5.41) is 3.96. The molecule has 0 amide bonds. The zero-order chi connectivity index (χ0) is 13.2. The van der Waals surface area contributed by atoms with E-state index in [0.29, 0.717) is 24.0 Å². The quantitative estimate of drug-likeness (QED) is 0.795. The zero-order valence-corrected chi connectivity index (χ0v) is 12.1. The van der Waals surface area contributed by atoms with Crippen LogP contribution in [0.15, 0.2) is 38.8 Å². The van der Waals surface area contributed by atoms with Gasteiger partial charge < -0.3 is 10.3 Å². The fourth-order valence-corrected chi connectivity index (χ4v) is 2.85. The molecule has 0 aliphatic heterocycles. The number of thiophene rings is 1. The summed E-state index contributed by atoms with van der Waals surface area (Å²) in [5.41, 5.74) is 7.14. The van der Waals surface area contributed by atoms with Crippen molar-refractivity contribution < 1.29 is 4.52 Å². The van der Waals surface area contributed by atoms with Gasteiger partial charge in [-0.25, -0.2) is 0 Å². The van der Waals surface area contributed by atoms with Crippen molar-refractivity contribution in [2.45, 2.75) is 6.54 Å². The van der Waals surface area contributed by atoms with E-state index in [2.05, 4.69) is 31.1 Å². The molecular weight excluding hydrogens is 328 g/mol. The first-order valence-corrected chi connectivity index (χ1v) is 7.12. The Balaban J connectivity index is 1.91. The molecule has 0 aromatic carbocycles. The van der Waals surface area contributed by atoms with E-state index in [-0.39, 0.29) is 0 Å². The topological polar surface area (TPSA) is 77.8 Å². The standard InChI is InChI=1S/C12H9BrN4OS/c13-10-4-3-9(19-10)11-16-12(18-17-11)8-2-1-7(5-14)6-15-8/h1-4,6H,5,14H2. The maximum absolute atomic E-state index is 5.53. The Morgan fingerprint density at radius 2 is 2.16 bits per heavy atom. The highest BCUT2D eigenvalue weighted by atomic mass is 79.9. The van der Waals surface area contributed by atoms with Crippen LogP contribution in [0.1, 0.15) is 5.56 Å². The number of halogens is 1. The highest BCUT2D eigenvalue weighted by molar-refractivity contribution is 9.11. The molecule has 7 heteroatoms. The summed E-state index contributed by atoms with van der Waals surface area (Å²) < 4.78 is 6.25. The average Bonchev–Trinajstić information content (AvgIpc) is 3.07. The van der Waals surface area contributed by atoms with Crippen LogP contribution in [0, 0.1) is 0 Å². The second-order valence-electron chi connectivity index (χ2n) is 3.78. The molecule has 0 aliphatic carbocycles. The lowest BCUT2D eigenvalue weighted by atomic mass is 10.2. The largest absolute Gasteiger partial charge is 0.332 e. The van der Waals surface area contributed by atoms with Crippen molar-refractivity contribution in [3.05, 3.63) is 39.8 Å². The molecule has 0 radical (unpaired) electrons. The highest BCUT2D eigenvalue weighted by Crippen LogP contribution is 2.30. The van der Waals surface area contributed by atoms with Crippen LogP contribution in [0.25, 0.3) is 22.3 Å². The zero-order valence-electron chi connectivity index (χ0n) is 9.71. The van der Waals surface area contributed by atoms with Gasteiger partial charge in [0.25, 0.3) is 5.89 Å². The van der Waals surface area contributed by atoms with Crippen LogP contribution in [-0.2, 0) is 6.54 Å². The SMILES string of the molecule is NCc1ccc(-c2nc(-c3ccc(Br)s3)no2)nc1. The highest BCUT2D eigenvalue weighted by Gasteiger charge is 2.12. The predicted molar refractivity (Wildman–Crippen MR) is 76.4 cm³/mol. The van der Waals surface area contributed by atoms with Gasteiger partial charge in [-0.05, 0) is 39.7 Å². The average molecular weight is 337 g/mol. The van der Waals surface area contributed by atoms with Crippen LogP contribution in [0.3, 0.4) is 0 Å². The van der Waals surface area contributed by atoms with Gasteiger partial charge >= 0.3 is 0 Å². The van der Waals surface area contributed by atoms with Gasteiger partial charge in [0.1, 0.15) is 5.69 Å². The molecule has 0 spiro atoms. The maximum Gasteiger partial charge on any atom is 0.276 e. The van der Waals surface area contributed by atoms with Crippen LogP contribution in [0.4, 0.5) is 0 Å². The Bertz CT molecular complexity index is 692. The molecule has 19 heavy (non-hydrogen) atoms. The van der Waals surface area contributed by atoms with E-state index in [1.54, 1.807) is 17.5 Å². The van der Waals surface area contributed by atoms with E-state index in [1.807, 2.05) is 24.3 Å². The fraction of sp³-hybridized carbons (Fsp3) is 0.0833. The lowest BCUT2D eigenvalue weighted by Gasteiger charge is -1.96. The molecular formula is C12H9BrN4OS. The summed E-state index contributed by atoms with van der Waals surface area (Å²) in [4.78, 5) is 9.53. The maximum atomic E-state index is 5.53. The first-order valence-electron chi connectivity index (χ1n) is 5.51. The minimum atomic E-state index is 0.406. The molecule has 0 fully saturated rings. The van der Waals surface area contributed by atoms with E-state index in [0.717, 1.165) is 14.2 Å². The lowest BCUT2D eigenvalue weighted by Crippen LogP contribution is -1.96. The first kappa shape index (κ1) is 12.5. The van der Waals surface area contributed by atoms with Crippen LogP contribution in [0.5, 0.6) is 0 Å². The van der Waals surface area contributed by atoms with Crippen molar-refractivity contribution in [3.63, 3.8) is 0 Å². The number of hydrogen-bond acceptors (Lipinski definition) is 6. The van der Waals surface area contributed by atoms with Crippen molar-refractivity contribution in [1.82, 2.24) is 15.1 Å². The van der Waals surface area contributed by atoms with Crippen LogP contribution >= 0.6 is 27.3 Å². The Labute approximate surface area is 121 Å².